The van der Waals surface area contributed by atoms with E-state index in [1.54, 1.807) is 0 Å². The van der Waals surface area contributed by atoms with Crippen LogP contribution in [0, 0.1) is 0 Å². The van der Waals surface area contributed by atoms with E-state index < -0.39 is 18.1 Å². The van der Waals surface area contributed by atoms with Crippen LogP contribution in [0.1, 0.15) is 22.5 Å². The van der Waals surface area contributed by atoms with Crippen LogP contribution in [-0.4, -0.2) is 16.1 Å². The second-order valence-corrected chi connectivity index (χ2v) is 3.05. The highest BCUT2D eigenvalue weighted by atomic mass is 79.9. The fraction of sp³-hybridized carbons (Fsp3) is 0.143. The molecule has 3 nitrogen and oxygen atoms in total. The van der Waals surface area contributed by atoms with E-state index in [1.807, 2.05) is 0 Å². The molecule has 13 heavy (non-hydrogen) atoms. The summed E-state index contributed by atoms with van der Waals surface area (Å²) in [6.07, 6.45) is -1.80. The van der Waals surface area contributed by atoms with E-state index in [4.69, 9.17) is 5.11 Å². The fourth-order valence-corrected chi connectivity index (χ4v) is 1.23. The summed E-state index contributed by atoms with van der Waals surface area (Å²) in [4.78, 5) is 13.7. The first-order valence-corrected chi connectivity index (χ1v) is 3.98. The minimum absolute atomic E-state index is 0.102. The third kappa shape index (κ3) is 2.21. The Kier molecular flexibility index (Phi) is 2.92. The Labute approximate surface area is 80.5 Å². The van der Waals surface area contributed by atoms with Crippen LogP contribution in [0.25, 0.3) is 0 Å². The molecule has 0 unspecified atom stereocenters. The predicted molar refractivity (Wildman–Crippen MR) is 43.9 cm³/mol. The third-order valence-electron chi connectivity index (χ3n) is 1.33. The van der Waals surface area contributed by atoms with Gasteiger partial charge in [0.25, 0.3) is 6.43 Å². The van der Waals surface area contributed by atoms with Crippen LogP contribution in [0.3, 0.4) is 0 Å². The summed E-state index contributed by atoms with van der Waals surface area (Å²) in [5.41, 5.74) is -0.582. The van der Waals surface area contributed by atoms with Crippen LogP contribution in [0.4, 0.5) is 8.78 Å². The summed E-state index contributed by atoms with van der Waals surface area (Å²) in [5.74, 6) is -1.21. The van der Waals surface area contributed by atoms with E-state index in [1.165, 1.54) is 0 Å². The third-order valence-corrected chi connectivity index (χ3v) is 1.98. The van der Waals surface area contributed by atoms with Gasteiger partial charge >= 0.3 is 5.97 Å². The minimum Gasteiger partial charge on any atom is -0.478 e. The summed E-state index contributed by atoms with van der Waals surface area (Å²) >= 11 is 2.86. The zero-order chi connectivity index (χ0) is 10.0. The van der Waals surface area contributed by atoms with Gasteiger partial charge in [0, 0.05) is 10.7 Å². The van der Waals surface area contributed by atoms with E-state index in [0.717, 1.165) is 12.3 Å². The maximum atomic E-state index is 12.0. The van der Waals surface area contributed by atoms with Crippen molar-refractivity contribution in [3.63, 3.8) is 0 Å². The van der Waals surface area contributed by atoms with E-state index >= 15 is 0 Å². The molecule has 0 amide bonds. The molecule has 0 spiro atoms. The van der Waals surface area contributed by atoms with Crippen molar-refractivity contribution in [1.82, 2.24) is 4.98 Å². The van der Waals surface area contributed by atoms with Gasteiger partial charge in [0.05, 0.1) is 5.56 Å². The Balaban J connectivity index is 3.13. The Bertz CT molecular complexity index is 343. The largest absolute Gasteiger partial charge is 0.478 e. The molecule has 0 aliphatic rings. The molecule has 1 heterocycles. The van der Waals surface area contributed by atoms with Crippen molar-refractivity contribution in [2.75, 3.05) is 0 Å². The van der Waals surface area contributed by atoms with Crippen molar-refractivity contribution in [3.05, 3.63) is 28.0 Å². The maximum Gasteiger partial charge on any atom is 0.338 e. The van der Waals surface area contributed by atoms with E-state index in [2.05, 4.69) is 20.9 Å². The molecule has 0 atom stereocenters. The molecule has 0 fully saturated rings. The van der Waals surface area contributed by atoms with E-state index in [-0.39, 0.29) is 10.0 Å². The summed E-state index contributed by atoms with van der Waals surface area (Å²) in [7, 11) is 0. The lowest BCUT2D eigenvalue weighted by molar-refractivity contribution is 0.0694. The minimum atomic E-state index is -2.70. The molecule has 1 rings (SSSR count). The molecule has 1 N–H and O–H groups in total. The molecule has 0 aliphatic carbocycles. The molecule has 0 saturated heterocycles. The second kappa shape index (κ2) is 3.78. The lowest BCUT2D eigenvalue weighted by Gasteiger charge is -2.01. The summed E-state index contributed by atoms with van der Waals surface area (Å²) in [5, 5.41) is 8.54. The molecular formula is C7H4BrF2NO2. The number of rotatable bonds is 2. The standard InChI is InChI=1S/C7H4BrF2NO2/c8-4-1-5(6(9)10)11-2-3(4)7(12)13/h1-2,6H,(H,12,13). The smallest absolute Gasteiger partial charge is 0.338 e. The number of hydrogen-bond donors (Lipinski definition) is 1. The monoisotopic (exact) mass is 251 g/mol. The SMILES string of the molecule is O=C(O)c1cnc(C(F)F)cc1Br. The highest BCUT2D eigenvalue weighted by Gasteiger charge is 2.14. The predicted octanol–water partition coefficient (Wildman–Crippen LogP) is 2.48. The Morgan fingerprint density at radius 2 is 2.23 bits per heavy atom. The van der Waals surface area contributed by atoms with Gasteiger partial charge in [0.15, 0.2) is 0 Å². The topological polar surface area (TPSA) is 50.2 Å². The number of alkyl halides is 2. The summed E-state index contributed by atoms with van der Waals surface area (Å²) in [6, 6.07) is 0.994. The first-order valence-electron chi connectivity index (χ1n) is 3.19. The summed E-state index contributed by atoms with van der Waals surface area (Å²) in [6.45, 7) is 0. The van der Waals surface area contributed by atoms with Gasteiger partial charge in [-0.25, -0.2) is 13.6 Å². The van der Waals surface area contributed by atoms with Crippen molar-refractivity contribution in [2.45, 2.75) is 6.43 Å². The molecule has 0 radical (unpaired) electrons. The Morgan fingerprint density at radius 3 is 2.62 bits per heavy atom. The van der Waals surface area contributed by atoms with Gasteiger partial charge in [-0.3, -0.25) is 4.98 Å². The second-order valence-electron chi connectivity index (χ2n) is 2.19. The van der Waals surface area contributed by atoms with Gasteiger partial charge < -0.3 is 5.11 Å². The Morgan fingerprint density at radius 1 is 1.62 bits per heavy atom. The molecule has 0 saturated carbocycles. The Hall–Kier alpha value is -1.04. The van der Waals surface area contributed by atoms with Crippen LogP contribution in [0.15, 0.2) is 16.7 Å². The lowest BCUT2D eigenvalue weighted by Crippen LogP contribution is -2.00. The zero-order valence-electron chi connectivity index (χ0n) is 6.17. The van der Waals surface area contributed by atoms with Crippen LogP contribution >= 0.6 is 15.9 Å². The molecule has 0 aliphatic heterocycles. The first kappa shape index (κ1) is 10.0. The van der Waals surface area contributed by atoms with Crippen LogP contribution in [0.2, 0.25) is 0 Å². The number of hydrogen-bond acceptors (Lipinski definition) is 2. The average Bonchev–Trinajstić information content (AvgIpc) is 2.03. The van der Waals surface area contributed by atoms with Gasteiger partial charge in [-0.1, -0.05) is 0 Å². The van der Waals surface area contributed by atoms with Crippen LogP contribution < -0.4 is 0 Å². The molecule has 6 heteroatoms. The normalized spacial score (nSPS) is 10.5. The number of nitrogens with zero attached hydrogens (tertiary/aromatic N) is 1. The van der Waals surface area contributed by atoms with Gasteiger partial charge in [-0.05, 0) is 22.0 Å². The number of pyridine rings is 1. The summed E-state index contributed by atoms with van der Waals surface area (Å²) < 4.78 is 24.2. The first-order chi connectivity index (χ1) is 6.02. The quantitative estimate of drug-likeness (QED) is 0.879. The average molecular weight is 252 g/mol. The van der Waals surface area contributed by atoms with Crippen molar-refractivity contribution in [3.8, 4) is 0 Å². The zero-order valence-corrected chi connectivity index (χ0v) is 7.75. The molecule has 0 aromatic carbocycles. The number of halogens is 3. The molecule has 1 aromatic heterocycles. The molecule has 0 bridgehead atoms. The van der Waals surface area contributed by atoms with Crippen molar-refractivity contribution in [2.24, 2.45) is 0 Å². The maximum absolute atomic E-state index is 12.0. The van der Waals surface area contributed by atoms with Gasteiger partial charge in [-0.2, -0.15) is 0 Å². The lowest BCUT2D eigenvalue weighted by atomic mass is 10.2. The number of carboxylic acids is 1. The highest BCUT2D eigenvalue weighted by Crippen LogP contribution is 2.22. The van der Waals surface area contributed by atoms with Crippen molar-refractivity contribution < 1.29 is 18.7 Å². The van der Waals surface area contributed by atoms with Crippen molar-refractivity contribution in [1.29, 1.82) is 0 Å². The highest BCUT2D eigenvalue weighted by molar-refractivity contribution is 9.10. The molecular weight excluding hydrogens is 248 g/mol. The number of aromatic nitrogens is 1. The number of carboxylic acid groups (broad SMARTS) is 1. The van der Waals surface area contributed by atoms with Crippen LogP contribution in [0.5, 0.6) is 0 Å². The van der Waals surface area contributed by atoms with E-state index in [9.17, 15) is 13.6 Å². The molecule has 70 valence electrons. The van der Waals surface area contributed by atoms with Crippen molar-refractivity contribution >= 4 is 21.9 Å². The number of carbonyl (C=O) groups is 1. The fourth-order valence-electron chi connectivity index (χ4n) is 0.722. The van der Waals surface area contributed by atoms with E-state index in [0.29, 0.717) is 0 Å². The van der Waals surface area contributed by atoms with Crippen LogP contribution in [-0.2, 0) is 0 Å². The molecule has 1 aromatic rings. The van der Waals surface area contributed by atoms with Gasteiger partial charge in [0.1, 0.15) is 5.69 Å². The van der Waals surface area contributed by atoms with Gasteiger partial charge in [-0.15, -0.1) is 0 Å². The number of aromatic carboxylic acids is 1. The van der Waals surface area contributed by atoms with Gasteiger partial charge in [0.2, 0.25) is 0 Å².